The van der Waals surface area contributed by atoms with Crippen molar-refractivity contribution < 1.29 is 18.3 Å². The summed E-state index contributed by atoms with van der Waals surface area (Å²) < 4.78 is 26.7. The Labute approximate surface area is 131 Å². The van der Waals surface area contributed by atoms with Crippen LogP contribution in [0.15, 0.2) is 59.8 Å². The predicted octanol–water partition coefficient (Wildman–Crippen LogP) is -0.410. The van der Waals surface area contributed by atoms with Gasteiger partial charge < -0.3 is 4.90 Å². The van der Waals surface area contributed by atoms with Crippen molar-refractivity contribution in [2.75, 3.05) is 26.2 Å². The molecule has 0 bridgehead atoms. The number of hydrogen-bond acceptors (Lipinski definition) is 2. The van der Waals surface area contributed by atoms with Crippen LogP contribution >= 0.6 is 0 Å². The molecule has 1 aromatic carbocycles. The van der Waals surface area contributed by atoms with E-state index in [0.717, 1.165) is 19.6 Å². The van der Waals surface area contributed by atoms with Gasteiger partial charge in [0.25, 0.3) is 0 Å². The summed E-state index contributed by atoms with van der Waals surface area (Å²) in [5.41, 5.74) is 1.25. The van der Waals surface area contributed by atoms with E-state index in [1.165, 1.54) is 10.5 Å². The Morgan fingerprint density at radius 3 is 2.41 bits per heavy atom. The van der Waals surface area contributed by atoms with Gasteiger partial charge in [-0.05, 0) is 18.2 Å². The van der Waals surface area contributed by atoms with Crippen LogP contribution in [-0.4, -0.2) is 38.9 Å². The third-order valence-corrected chi connectivity index (χ3v) is 5.95. The van der Waals surface area contributed by atoms with Crippen molar-refractivity contribution in [3.63, 3.8) is 0 Å². The standard InChI is InChI=1S/C16H19N3O2S/c20-22(21,16-6-2-1-3-7-16)19-11-9-18(10-12-19)14-15-5-4-8-17-13-15/h1-8,13H,9-12,14H2/p+2. The molecule has 3 rings (SSSR count). The first kappa shape index (κ1) is 15.1. The van der Waals surface area contributed by atoms with E-state index in [9.17, 15) is 8.42 Å². The van der Waals surface area contributed by atoms with Gasteiger partial charge in [-0.1, -0.05) is 18.2 Å². The minimum Gasteiger partial charge on any atom is -0.329 e. The van der Waals surface area contributed by atoms with Gasteiger partial charge in [0.1, 0.15) is 6.54 Å². The van der Waals surface area contributed by atoms with Crippen LogP contribution in [0.25, 0.3) is 0 Å². The summed E-state index contributed by atoms with van der Waals surface area (Å²) in [6.45, 7) is 3.74. The molecule has 0 radical (unpaired) electrons. The van der Waals surface area contributed by atoms with Crippen LogP contribution < -0.4 is 9.88 Å². The number of pyridine rings is 1. The largest absolute Gasteiger partial charge is 0.329 e. The molecular weight excluding hydrogens is 298 g/mol. The first-order valence-electron chi connectivity index (χ1n) is 7.50. The Bertz CT molecular complexity index is 697. The number of aromatic nitrogens is 1. The third-order valence-electron chi connectivity index (χ3n) is 4.04. The normalized spacial score (nSPS) is 17.5. The maximum atomic E-state index is 12.6. The van der Waals surface area contributed by atoms with Gasteiger partial charge in [-0.2, -0.15) is 4.31 Å². The van der Waals surface area contributed by atoms with Crippen LogP contribution in [0.5, 0.6) is 0 Å². The summed E-state index contributed by atoms with van der Waals surface area (Å²) in [5, 5.41) is 0. The molecule has 0 atom stereocenters. The molecule has 1 aliphatic rings. The molecule has 1 aromatic heterocycles. The van der Waals surface area contributed by atoms with Gasteiger partial charge >= 0.3 is 0 Å². The lowest BCUT2D eigenvalue weighted by Gasteiger charge is -2.31. The smallest absolute Gasteiger partial charge is 0.243 e. The molecule has 1 saturated heterocycles. The molecule has 116 valence electrons. The van der Waals surface area contributed by atoms with Gasteiger partial charge in [-0.3, -0.25) is 0 Å². The average molecular weight is 319 g/mol. The highest BCUT2D eigenvalue weighted by molar-refractivity contribution is 7.89. The lowest BCUT2D eigenvalue weighted by atomic mass is 10.2. The molecule has 1 aliphatic heterocycles. The molecule has 22 heavy (non-hydrogen) atoms. The Morgan fingerprint density at radius 1 is 1.05 bits per heavy atom. The molecular formula is C16H21N3O2S+2. The van der Waals surface area contributed by atoms with Crippen LogP contribution in [0, 0.1) is 0 Å². The molecule has 2 heterocycles. The number of rotatable bonds is 4. The van der Waals surface area contributed by atoms with E-state index in [4.69, 9.17) is 0 Å². The quantitative estimate of drug-likeness (QED) is 0.833. The molecule has 0 unspecified atom stereocenters. The zero-order valence-electron chi connectivity index (χ0n) is 12.4. The number of hydrogen-bond donors (Lipinski definition) is 1. The minimum atomic E-state index is -3.34. The fraction of sp³-hybridized carbons (Fsp3) is 0.312. The summed E-state index contributed by atoms with van der Waals surface area (Å²) in [4.78, 5) is 4.89. The summed E-state index contributed by atoms with van der Waals surface area (Å²) in [6, 6.07) is 12.8. The molecule has 5 nitrogen and oxygen atoms in total. The first-order chi connectivity index (χ1) is 10.7. The van der Waals surface area contributed by atoms with Crippen molar-refractivity contribution in [1.29, 1.82) is 0 Å². The van der Waals surface area contributed by atoms with E-state index in [2.05, 4.69) is 11.1 Å². The maximum Gasteiger partial charge on any atom is 0.243 e. The molecule has 0 saturated carbocycles. The Hall–Kier alpha value is -1.76. The lowest BCUT2D eigenvalue weighted by Crippen LogP contribution is -3.13. The van der Waals surface area contributed by atoms with E-state index in [1.54, 1.807) is 28.6 Å². The summed E-state index contributed by atoms with van der Waals surface area (Å²) in [5.74, 6) is 0. The number of nitrogens with one attached hydrogen (secondary N) is 2. The van der Waals surface area contributed by atoms with Gasteiger partial charge in [0.15, 0.2) is 12.4 Å². The Kier molecular flexibility index (Phi) is 4.52. The number of benzene rings is 1. The second kappa shape index (κ2) is 6.56. The van der Waals surface area contributed by atoms with E-state index in [0.29, 0.717) is 18.0 Å². The van der Waals surface area contributed by atoms with Gasteiger partial charge in [0.2, 0.25) is 10.0 Å². The molecule has 1 fully saturated rings. The summed E-state index contributed by atoms with van der Waals surface area (Å²) in [6.07, 6.45) is 3.89. The maximum absolute atomic E-state index is 12.6. The van der Waals surface area contributed by atoms with Crippen LogP contribution in [0.3, 0.4) is 0 Å². The Morgan fingerprint density at radius 2 is 1.77 bits per heavy atom. The van der Waals surface area contributed by atoms with Crippen LogP contribution in [0.1, 0.15) is 5.56 Å². The van der Waals surface area contributed by atoms with E-state index in [-0.39, 0.29) is 0 Å². The van der Waals surface area contributed by atoms with Gasteiger partial charge in [-0.15, -0.1) is 0 Å². The van der Waals surface area contributed by atoms with E-state index >= 15 is 0 Å². The number of aromatic amines is 1. The SMILES string of the molecule is O=S(=O)(c1ccccc1)N1CC[NH+](Cc2ccc[nH+]c2)CC1. The van der Waals surface area contributed by atoms with Crippen molar-refractivity contribution in [3.8, 4) is 0 Å². The van der Waals surface area contributed by atoms with Crippen LogP contribution in [0.2, 0.25) is 0 Å². The minimum absolute atomic E-state index is 0.385. The monoisotopic (exact) mass is 319 g/mol. The van der Waals surface area contributed by atoms with Crippen LogP contribution in [0.4, 0.5) is 0 Å². The van der Waals surface area contributed by atoms with Crippen molar-refractivity contribution in [1.82, 2.24) is 4.31 Å². The predicted molar refractivity (Wildman–Crippen MR) is 82.6 cm³/mol. The van der Waals surface area contributed by atoms with Gasteiger partial charge in [0.05, 0.1) is 36.6 Å². The van der Waals surface area contributed by atoms with Crippen LogP contribution in [-0.2, 0) is 16.6 Å². The fourth-order valence-electron chi connectivity index (χ4n) is 2.79. The molecule has 2 aromatic rings. The second-order valence-electron chi connectivity index (χ2n) is 5.56. The molecule has 0 spiro atoms. The van der Waals surface area contributed by atoms with Crippen molar-refractivity contribution in [2.24, 2.45) is 0 Å². The fourth-order valence-corrected chi connectivity index (χ4v) is 4.25. The summed E-state index contributed by atoms with van der Waals surface area (Å²) >= 11 is 0. The zero-order chi connectivity index (χ0) is 15.4. The lowest BCUT2D eigenvalue weighted by molar-refractivity contribution is -0.917. The van der Waals surface area contributed by atoms with Gasteiger partial charge in [-0.25, -0.2) is 13.4 Å². The third kappa shape index (κ3) is 3.35. The average Bonchev–Trinajstić information content (AvgIpc) is 2.57. The number of nitrogens with zero attached hydrogens (tertiary/aromatic N) is 1. The number of piperazine rings is 1. The topological polar surface area (TPSA) is 56.0 Å². The summed E-state index contributed by atoms with van der Waals surface area (Å²) in [7, 11) is -3.34. The highest BCUT2D eigenvalue weighted by Crippen LogP contribution is 2.14. The molecule has 0 amide bonds. The zero-order valence-corrected chi connectivity index (χ0v) is 13.2. The molecule has 0 aliphatic carbocycles. The highest BCUT2D eigenvalue weighted by Gasteiger charge is 2.30. The highest BCUT2D eigenvalue weighted by atomic mass is 32.2. The number of sulfonamides is 1. The van der Waals surface area contributed by atoms with E-state index < -0.39 is 10.0 Å². The number of H-pyrrole nitrogens is 1. The van der Waals surface area contributed by atoms with Gasteiger partial charge in [0, 0.05) is 6.07 Å². The number of quaternary nitrogens is 1. The first-order valence-corrected chi connectivity index (χ1v) is 8.94. The second-order valence-corrected chi connectivity index (χ2v) is 7.49. The van der Waals surface area contributed by atoms with Crippen molar-refractivity contribution in [2.45, 2.75) is 11.4 Å². The Balaban J connectivity index is 1.62. The van der Waals surface area contributed by atoms with E-state index in [1.807, 2.05) is 24.5 Å². The molecule has 2 N–H and O–H groups in total. The molecule has 6 heteroatoms. The van der Waals surface area contributed by atoms with Crippen molar-refractivity contribution in [3.05, 3.63) is 60.4 Å². The van der Waals surface area contributed by atoms with Crippen molar-refractivity contribution >= 4 is 10.0 Å².